The highest BCUT2D eigenvalue weighted by Gasteiger charge is 2.26. The number of benzene rings is 2. The van der Waals surface area contributed by atoms with Crippen molar-refractivity contribution in [1.29, 1.82) is 0 Å². The lowest BCUT2D eigenvalue weighted by molar-refractivity contribution is -0.387. The maximum absolute atomic E-state index is 12.8. The average Bonchev–Trinajstić information content (AvgIpc) is 2.70. The van der Waals surface area contributed by atoms with Crippen molar-refractivity contribution in [2.24, 2.45) is 0 Å². The van der Waals surface area contributed by atoms with Crippen LogP contribution in [0.2, 0.25) is 0 Å². The molecule has 0 unspecified atom stereocenters. The highest BCUT2D eigenvalue weighted by Crippen LogP contribution is 2.28. The molecular formula is C20H25N3O4S. The smallest absolute Gasteiger partial charge is 0.289 e. The molecule has 1 saturated carbocycles. The van der Waals surface area contributed by atoms with Gasteiger partial charge in [0.1, 0.15) is 0 Å². The normalized spacial score (nSPS) is 15.5. The lowest BCUT2D eigenvalue weighted by Gasteiger charge is -2.31. The summed E-state index contributed by atoms with van der Waals surface area (Å²) in [7, 11) is -2.02. The van der Waals surface area contributed by atoms with Gasteiger partial charge in [-0.15, -0.1) is 0 Å². The number of sulfonamides is 1. The van der Waals surface area contributed by atoms with E-state index in [2.05, 4.69) is 16.7 Å². The van der Waals surface area contributed by atoms with E-state index in [1.807, 2.05) is 12.1 Å². The molecule has 3 rings (SSSR count). The molecule has 2 aromatic rings. The molecule has 0 radical (unpaired) electrons. The molecule has 0 saturated heterocycles. The Labute approximate surface area is 165 Å². The van der Waals surface area contributed by atoms with Gasteiger partial charge in [0, 0.05) is 18.7 Å². The molecule has 8 heteroatoms. The third-order valence-electron chi connectivity index (χ3n) is 5.23. The predicted octanol–water partition coefficient (Wildman–Crippen LogP) is 4.16. The van der Waals surface area contributed by atoms with Crippen LogP contribution in [0.1, 0.15) is 37.7 Å². The summed E-state index contributed by atoms with van der Waals surface area (Å²) in [5, 5.41) is 11.2. The minimum Gasteiger partial charge on any atom is -0.299 e. The van der Waals surface area contributed by atoms with Crippen LogP contribution in [-0.2, 0) is 16.6 Å². The van der Waals surface area contributed by atoms with Gasteiger partial charge in [0.15, 0.2) is 4.90 Å². The summed E-state index contributed by atoms with van der Waals surface area (Å²) in [6, 6.07) is 13.1. The lowest BCUT2D eigenvalue weighted by Crippen LogP contribution is -2.33. The molecule has 0 atom stereocenters. The van der Waals surface area contributed by atoms with Crippen LogP contribution in [-0.4, -0.2) is 31.3 Å². The zero-order valence-electron chi connectivity index (χ0n) is 15.9. The number of nitro benzene ring substituents is 1. The zero-order chi connectivity index (χ0) is 20.1. The molecule has 1 fully saturated rings. The van der Waals surface area contributed by atoms with Gasteiger partial charge >= 0.3 is 0 Å². The van der Waals surface area contributed by atoms with E-state index >= 15 is 0 Å². The highest BCUT2D eigenvalue weighted by molar-refractivity contribution is 7.92. The van der Waals surface area contributed by atoms with Crippen molar-refractivity contribution >= 4 is 21.4 Å². The monoisotopic (exact) mass is 403 g/mol. The Morgan fingerprint density at radius 3 is 2.43 bits per heavy atom. The van der Waals surface area contributed by atoms with Crippen LogP contribution < -0.4 is 4.72 Å². The Morgan fingerprint density at radius 1 is 1.07 bits per heavy atom. The third kappa shape index (κ3) is 4.69. The van der Waals surface area contributed by atoms with Crippen molar-refractivity contribution < 1.29 is 13.3 Å². The summed E-state index contributed by atoms with van der Waals surface area (Å²) in [6.45, 7) is 0.611. The first-order valence-electron chi connectivity index (χ1n) is 9.43. The molecule has 150 valence electrons. The summed E-state index contributed by atoms with van der Waals surface area (Å²) in [6.07, 6.45) is 6.03. The van der Waals surface area contributed by atoms with Gasteiger partial charge in [-0.2, -0.15) is 0 Å². The van der Waals surface area contributed by atoms with E-state index in [0.29, 0.717) is 18.3 Å². The van der Waals surface area contributed by atoms with Gasteiger partial charge in [0.05, 0.1) is 10.6 Å². The van der Waals surface area contributed by atoms with E-state index in [-0.39, 0.29) is 4.90 Å². The van der Waals surface area contributed by atoms with Crippen molar-refractivity contribution in [1.82, 2.24) is 4.90 Å². The molecule has 28 heavy (non-hydrogen) atoms. The zero-order valence-corrected chi connectivity index (χ0v) is 16.7. The minimum absolute atomic E-state index is 0.338. The minimum atomic E-state index is -4.08. The summed E-state index contributed by atoms with van der Waals surface area (Å²) < 4.78 is 28.2. The molecular weight excluding hydrogens is 378 g/mol. The van der Waals surface area contributed by atoms with E-state index in [1.165, 1.54) is 43.5 Å². The molecule has 0 bridgehead atoms. The highest BCUT2D eigenvalue weighted by atomic mass is 32.2. The van der Waals surface area contributed by atoms with Crippen LogP contribution >= 0.6 is 0 Å². The number of nitrogens with zero attached hydrogens (tertiary/aromatic N) is 2. The fraction of sp³-hybridized carbons (Fsp3) is 0.400. The molecule has 1 aliphatic carbocycles. The van der Waals surface area contributed by atoms with Crippen LogP contribution in [0.5, 0.6) is 0 Å². The molecule has 0 heterocycles. The van der Waals surface area contributed by atoms with Gasteiger partial charge in [-0.3, -0.25) is 19.7 Å². The second-order valence-electron chi connectivity index (χ2n) is 7.19. The number of nitrogens with one attached hydrogen (secondary N) is 1. The number of hydrogen-bond acceptors (Lipinski definition) is 5. The first-order chi connectivity index (χ1) is 13.4. The van der Waals surface area contributed by atoms with Crippen LogP contribution in [0.3, 0.4) is 0 Å². The fourth-order valence-corrected chi connectivity index (χ4v) is 4.99. The van der Waals surface area contributed by atoms with Gasteiger partial charge in [0.2, 0.25) is 0 Å². The van der Waals surface area contributed by atoms with E-state index in [4.69, 9.17) is 0 Å². The van der Waals surface area contributed by atoms with E-state index in [9.17, 15) is 18.5 Å². The molecule has 0 aliphatic heterocycles. The van der Waals surface area contributed by atoms with Crippen molar-refractivity contribution in [3.63, 3.8) is 0 Å². The van der Waals surface area contributed by atoms with Crippen LogP contribution in [0.4, 0.5) is 11.4 Å². The van der Waals surface area contributed by atoms with Gasteiger partial charge < -0.3 is 0 Å². The molecule has 7 nitrogen and oxygen atoms in total. The second-order valence-corrected chi connectivity index (χ2v) is 8.85. The standard InChI is InChI=1S/C20H25N3O4S/c1-22(17-10-3-2-4-11-17)15-16-9-5-6-12-18(16)21-28(26,27)20-14-8-7-13-19(20)23(24)25/h5-9,12-14,17,21H,2-4,10-11,15H2,1H3. The molecule has 1 N–H and O–H groups in total. The Balaban J connectivity index is 1.84. The Hall–Kier alpha value is -2.45. The summed E-state index contributed by atoms with van der Waals surface area (Å²) in [5.41, 5.74) is 0.854. The maximum atomic E-state index is 12.8. The van der Waals surface area contributed by atoms with E-state index in [1.54, 1.807) is 12.1 Å². The number of nitro groups is 1. The van der Waals surface area contributed by atoms with Crippen LogP contribution in [0.25, 0.3) is 0 Å². The number of hydrogen-bond donors (Lipinski definition) is 1. The number of rotatable bonds is 7. The SMILES string of the molecule is CN(Cc1ccccc1NS(=O)(=O)c1ccccc1[N+](=O)[O-])C1CCCCC1. The topological polar surface area (TPSA) is 92.6 Å². The van der Waals surface area contributed by atoms with Crippen molar-refractivity contribution in [3.05, 3.63) is 64.2 Å². The Kier molecular flexibility index (Phi) is 6.31. The summed E-state index contributed by atoms with van der Waals surface area (Å²) in [4.78, 5) is 12.5. The van der Waals surface area contributed by atoms with E-state index in [0.717, 1.165) is 18.4 Å². The largest absolute Gasteiger partial charge is 0.299 e. The molecule has 0 spiro atoms. The Bertz CT molecular complexity index is 940. The first kappa shape index (κ1) is 20.3. The van der Waals surface area contributed by atoms with Gasteiger partial charge in [-0.05, 0) is 37.6 Å². The lowest BCUT2D eigenvalue weighted by atomic mass is 9.94. The van der Waals surface area contributed by atoms with Crippen LogP contribution in [0, 0.1) is 10.1 Å². The summed E-state index contributed by atoms with van der Waals surface area (Å²) in [5.74, 6) is 0. The molecule has 1 aliphatic rings. The molecule has 0 aromatic heterocycles. The average molecular weight is 404 g/mol. The quantitative estimate of drug-likeness (QED) is 0.553. The van der Waals surface area contributed by atoms with Crippen molar-refractivity contribution in [3.8, 4) is 0 Å². The van der Waals surface area contributed by atoms with Gasteiger partial charge in [0.25, 0.3) is 15.7 Å². The first-order valence-corrected chi connectivity index (χ1v) is 10.9. The van der Waals surface area contributed by atoms with Gasteiger partial charge in [-0.1, -0.05) is 49.6 Å². The summed E-state index contributed by atoms with van der Waals surface area (Å²) >= 11 is 0. The maximum Gasteiger partial charge on any atom is 0.289 e. The van der Waals surface area contributed by atoms with Crippen molar-refractivity contribution in [2.75, 3.05) is 11.8 Å². The third-order valence-corrected chi connectivity index (χ3v) is 6.64. The Morgan fingerprint density at radius 2 is 1.71 bits per heavy atom. The molecule has 0 amide bonds. The fourth-order valence-electron chi connectivity index (χ4n) is 3.71. The van der Waals surface area contributed by atoms with Crippen molar-refractivity contribution in [2.45, 2.75) is 49.6 Å². The molecule has 2 aromatic carbocycles. The number of anilines is 1. The van der Waals surface area contributed by atoms with Crippen LogP contribution in [0.15, 0.2) is 53.4 Å². The number of para-hydroxylation sites is 2. The predicted molar refractivity (Wildman–Crippen MR) is 109 cm³/mol. The van der Waals surface area contributed by atoms with E-state index < -0.39 is 20.6 Å². The second kappa shape index (κ2) is 8.70. The van der Waals surface area contributed by atoms with Gasteiger partial charge in [-0.25, -0.2) is 8.42 Å².